The van der Waals surface area contributed by atoms with Gasteiger partial charge in [-0.05, 0) is 113 Å². The molecule has 22 heavy (non-hydrogen) atoms. The van der Waals surface area contributed by atoms with Crippen molar-refractivity contribution in [2.45, 2.75) is 83.2 Å². The zero-order valence-corrected chi connectivity index (χ0v) is 14.1. The van der Waals surface area contributed by atoms with Crippen molar-refractivity contribution >= 4 is 0 Å². The summed E-state index contributed by atoms with van der Waals surface area (Å²) in [7, 11) is 0. The molecule has 124 valence electrons. The van der Waals surface area contributed by atoms with Gasteiger partial charge in [0.25, 0.3) is 0 Å². The van der Waals surface area contributed by atoms with E-state index in [-0.39, 0.29) is 0 Å². The minimum Gasteiger partial charge on any atom is -0.243 e. The van der Waals surface area contributed by atoms with Crippen LogP contribution in [0.3, 0.4) is 0 Å². The lowest BCUT2D eigenvalue weighted by atomic mass is 9.66. The van der Waals surface area contributed by atoms with Gasteiger partial charge in [-0.2, -0.15) is 0 Å². The zero-order valence-electron chi connectivity index (χ0n) is 14.1. The molecule has 4 rings (SSSR count). The van der Waals surface area contributed by atoms with E-state index < -0.39 is 6.17 Å². The van der Waals surface area contributed by atoms with Gasteiger partial charge in [-0.3, -0.25) is 0 Å². The summed E-state index contributed by atoms with van der Waals surface area (Å²) in [6.45, 7) is 0. The first-order valence-corrected chi connectivity index (χ1v) is 10.1. The number of allylic oxidation sites excluding steroid dienone is 2. The second kappa shape index (κ2) is 6.65. The molecule has 0 bridgehead atoms. The lowest BCUT2D eigenvalue weighted by Crippen LogP contribution is -2.29. The summed E-state index contributed by atoms with van der Waals surface area (Å²) in [4.78, 5) is 0. The number of halogens is 1. The van der Waals surface area contributed by atoms with Crippen molar-refractivity contribution in [3.05, 3.63) is 12.2 Å². The van der Waals surface area contributed by atoms with Crippen molar-refractivity contribution < 1.29 is 4.39 Å². The van der Waals surface area contributed by atoms with E-state index in [4.69, 9.17) is 0 Å². The van der Waals surface area contributed by atoms with Gasteiger partial charge in [0, 0.05) is 0 Å². The quantitative estimate of drug-likeness (QED) is 0.536. The number of hydrogen-bond donors (Lipinski definition) is 0. The van der Waals surface area contributed by atoms with Crippen LogP contribution in [0.5, 0.6) is 0 Å². The largest absolute Gasteiger partial charge is 0.243 e. The monoisotopic (exact) mass is 304 g/mol. The molecule has 0 radical (unpaired) electrons. The molecule has 1 heteroatoms. The highest BCUT2D eigenvalue weighted by atomic mass is 19.1. The van der Waals surface area contributed by atoms with Crippen LogP contribution < -0.4 is 0 Å². The van der Waals surface area contributed by atoms with Gasteiger partial charge in [0.05, 0.1) is 0 Å². The van der Waals surface area contributed by atoms with Gasteiger partial charge in [-0.15, -0.1) is 0 Å². The first kappa shape index (κ1) is 15.2. The van der Waals surface area contributed by atoms with Crippen LogP contribution in [-0.2, 0) is 0 Å². The van der Waals surface area contributed by atoms with Crippen LogP contribution in [-0.4, -0.2) is 6.17 Å². The smallest absolute Gasteiger partial charge is 0.118 e. The Balaban J connectivity index is 1.23. The average molecular weight is 304 g/mol. The van der Waals surface area contributed by atoms with Crippen LogP contribution in [0.1, 0.15) is 77.0 Å². The summed E-state index contributed by atoms with van der Waals surface area (Å²) < 4.78 is 13.2. The van der Waals surface area contributed by atoms with Crippen molar-refractivity contribution in [2.24, 2.45) is 35.5 Å². The highest BCUT2D eigenvalue weighted by molar-refractivity contribution is 5.01. The Morgan fingerprint density at radius 2 is 0.864 bits per heavy atom. The Labute approximate surface area is 135 Å². The number of rotatable bonds is 3. The second-order valence-corrected chi connectivity index (χ2v) is 8.83. The maximum absolute atomic E-state index is 13.2. The van der Waals surface area contributed by atoms with Crippen LogP contribution in [0.2, 0.25) is 0 Å². The van der Waals surface area contributed by atoms with Crippen LogP contribution in [0, 0.1) is 35.5 Å². The van der Waals surface area contributed by atoms with E-state index in [0.717, 1.165) is 42.4 Å². The zero-order chi connectivity index (χ0) is 14.9. The molecule has 0 amide bonds. The van der Waals surface area contributed by atoms with Crippen LogP contribution in [0.4, 0.5) is 4.39 Å². The molecule has 0 aromatic carbocycles. The fraction of sp³-hybridized carbons (Fsp3) is 0.905. The molecule has 0 aromatic rings. The summed E-state index contributed by atoms with van der Waals surface area (Å²) in [6.07, 6.45) is 20.2. The second-order valence-electron chi connectivity index (χ2n) is 8.83. The first-order valence-electron chi connectivity index (χ1n) is 10.1. The van der Waals surface area contributed by atoms with E-state index in [1.807, 2.05) is 6.08 Å². The lowest BCUT2D eigenvalue weighted by molar-refractivity contribution is 0.124. The Bertz CT molecular complexity index is 381. The molecule has 0 saturated heterocycles. The fourth-order valence-corrected chi connectivity index (χ4v) is 5.90. The van der Waals surface area contributed by atoms with Crippen LogP contribution in [0.15, 0.2) is 12.2 Å². The third kappa shape index (κ3) is 3.44. The Hall–Kier alpha value is -0.330. The summed E-state index contributed by atoms with van der Waals surface area (Å²) in [5.74, 6) is 5.87. The van der Waals surface area contributed by atoms with Gasteiger partial charge in [0.2, 0.25) is 0 Å². The molecule has 3 saturated carbocycles. The van der Waals surface area contributed by atoms with Gasteiger partial charge in [0.15, 0.2) is 0 Å². The molecule has 0 aromatic heterocycles. The van der Waals surface area contributed by atoms with Crippen LogP contribution >= 0.6 is 0 Å². The first-order chi connectivity index (χ1) is 10.8. The summed E-state index contributed by atoms with van der Waals surface area (Å²) in [6, 6.07) is 0. The SMILES string of the molecule is FC1C=CC(C2CCC(C3CCC(C4CC4)CC3)CC2)CC1. The van der Waals surface area contributed by atoms with Gasteiger partial charge >= 0.3 is 0 Å². The van der Waals surface area contributed by atoms with Crippen molar-refractivity contribution in [3.8, 4) is 0 Å². The number of alkyl halides is 1. The van der Waals surface area contributed by atoms with Gasteiger partial charge < -0.3 is 0 Å². The predicted octanol–water partition coefficient (Wildman–Crippen LogP) is 6.31. The molecule has 3 fully saturated rings. The molecule has 2 atom stereocenters. The normalized spacial score (nSPS) is 46.6. The average Bonchev–Trinajstić information content (AvgIpc) is 3.41. The van der Waals surface area contributed by atoms with Crippen LogP contribution in [0.25, 0.3) is 0 Å². The van der Waals surface area contributed by atoms with E-state index >= 15 is 0 Å². The molecule has 4 aliphatic rings. The van der Waals surface area contributed by atoms with E-state index in [1.165, 1.54) is 51.4 Å². The van der Waals surface area contributed by atoms with Crippen molar-refractivity contribution in [2.75, 3.05) is 0 Å². The van der Waals surface area contributed by atoms with Gasteiger partial charge in [-0.25, -0.2) is 4.39 Å². The molecule has 0 aliphatic heterocycles. The van der Waals surface area contributed by atoms with E-state index in [2.05, 4.69) is 6.08 Å². The standard InChI is InChI=1S/C21H33F/c22-21-13-11-20(12-14-21)19-9-7-18(8-10-19)17-5-3-16(4-6-17)15-1-2-15/h11,13,15-21H,1-10,12,14H2. The minimum atomic E-state index is -0.658. The van der Waals surface area contributed by atoms with E-state index in [9.17, 15) is 4.39 Å². The van der Waals surface area contributed by atoms with Crippen molar-refractivity contribution in [3.63, 3.8) is 0 Å². The van der Waals surface area contributed by atoms with E-state index in [1.54, 1.807) is 12.8 Å². The molecule has 4 aliphatic carbocycles. The molecule has 0 N–H and O–H groups in total. The Morgan fingerprint density at radius 3 is 1.23 bits per heavy atom. The Morgan fingerprint density at radius 1 is 0.455 bits per heavy atom. The highest BCUT2D eigenvalue weighted by Gasteiger charge is 2.37. The lowest BCUT2D eigenvalue weighted by Gasteiger charge is -2.40. The summed E-state index contributed by atoms with van der Waals surface area (Å²) in [5.41, 5.74) is 0. The maximum Gasteiger partial charge on any atom is 0.118 e. The van der Waals surface area contributed by atoms with Gasteiger partial charge in [0.1, 0.15) is 6.17 Å². The summed E-state index contributed by atoms with van der Waals surface area (Å²) >= 11 is 0. The molecular formula is C21H33F. The van der Waals surface area contributed by atoms with Crippen molar-refractivity contribution in [1.82, 2.24) is 0 Å². The molecule has 0 heterocycles. The minimum absolute atomic E-state index is 0.658. The maximum atomic E-state index is 13.2. The third-order valence-electron chi connectivity index (χ3n) is 7.54. The topological polar surface area (TPSA) is 0 Å². The molecule has 0 spiro atoms. The van der Waals surface area contributed by atoms with Crippen molar-refractivity contribution in [1.29, 1.82) is 0 Å². The molecule has 2 unspecified atom stereocenters. The third-order valence-corrected chi connectivity index (χ3v) is 7.54. The number of hydrogen-bond acceptors (Lipinski definition) is 0. The van der Waals surface area contributed by atoms with E-state index in [0.29, 0.717) is 5.92 Å². The molecule has 0 nitrogen and oxygen atoms in total. The summed E-state index contributed by atoms with van der Waals surface area (Å²) in [5, 5.41) is 0. The van der Waals surface area contributed by atoms with Gasteiger partial charge in [-0.1, -0.05) is 12.2 Å². The molecular weight excluding hydrogens is 271 g/mol. The highest BCUT2D eigenvalue weighted by Crippen LogP contribution is 2.49. The fourth-order valence-electron chi connectivity index (χ4n) is 5.90. The predicted molar refractivity (Wildman–Crippen MR) is 90.4 cm³/mol. The Kier molecular flexibility index (Phi) is 4.60.